The van der Waals surface area contributed by atoms with Crippen LogP contribution >= 0.6 is 0 Å². The van der Waals surface area contributed by atoms with Crippen molar-refractivity contribution in [2.75, 3.05) is 53.2 Å². The van der Waals surface area contributed by atoms with Crippen molar-refractivity contribution in [3.63, 3.8) is 0 Å². The highest BCUT2D eigenvalue weighted by atomic mass is 16.5. The van der Waals surface area contributed by atoms with E-state index in [1.807, 2.05) is 6.92 Å². The molecule has 0 aromatic carbocycles. The fourth-order valence-corrected chi connectivity index (χ4v) is 1.98. The van der Waals surface area contributed by atoms with Crippen molar-refractivity contribution in [1.29, 1.82) is 0 Å². The molecule has 2 N–H and O–H groups in total. The largest absolute Gasteiger partial charge is 0.381 e. The first-order valence-corrected chi connectivity index (χ1v) is 7.58. The van der Waals surface area contributed by atoms with Crippen molar-refractivity contribution in [2.24, 2.45) is 4.99 Å². The minimum Gasteiger partial charge on any atom is -0.381 e. The quantitative estimate of drug-likeness (QED) is 0.373. The lowest BCUT2D eigenvalue weighted by Gasteiger charge is -2.22. The molecule has 0 saturated carbocycles. The molecule has 1 aliphatic heterocycles. The maximum absolute atomic E-state index is 5.81. The summed E-state index contributed by atoms with van der Waals surface area (Å²) in [7, 11) is 1.77. The molecule has 6 heteroatoms. The van der Waals surface area contributed by atoms with Gasteiger partial charge in [0.15, 0.2) is 5.96 Å². The minimum absolute atomic E-state index is 0.382. The van der Waals surface area contributed by atoms with Crippen LogP contribution in [-0.2, 0) is 14.2 Å². The van der Waals surface area contributed by atoms with Crippen LogP contribution in [0.1, 0.15) is 26.2 Å². The number of ether oxygens (including phenoxy) is 3. The van der Waals surface area contributed by atoms with Crippen molar-refractivity contribution in [3.05, 3.63) is 0 Å². The number of nitrogens with one attached hydrogen (secondary N) is 2. The van der Waals surface area contributed by atoms with Crippen LogP contribution in [0.3, 0.4) is 0 Å². The highest BCUT2D eigenvalue weighted by molar-refractivity contribution is 5.79. The molecule has 6 nitrogen and oxygen atoms in total. The zero-order valence-electron chi connectivity index (χ0n) is 12.8. The molecule has 1 rings (SSSR count). The predicted octanol–water partition coefficient (Wildman–Crippen LogP) is 0.774. The fourth-order valence-electron chi connectivity index (χ4n) is 1.98. The van der Waals surface area contributed by atoms with Gasteiger partial charge in [0.25, 0.3) is 0 Å². The monoisotopic (exact) mass is 287 g/mol. The topological polar surface area (TPSA) is 64.1 Å². The Morgan fingerprint density at radius 3 is 2.65 bits per heavy atom. The van der Waals surface area contributed by atoms with Gasteiger partial charge in [-0.2, -0.15) is 0 Å². The molecule has 0 unspecified atom stereocenters. The summed E-state index contributed by atoms with van der Waals surface area (Å²) in [6.45, 7) is 7.52. The van der Waals surface area contributed by atoms with Gasteiger partial charge in [0.1, 0.15) is 0 Å². The first-order valence-electron chi connectivity index (χ1n) is 7.58. The lowest BCUT2D eigenvalue weighted by atomic mass is 10.1. The Morgan fingerprint density at radius 2 is 1.95 bits per heavy atom. The zero-order chi connectivity index (χ0) is 14.5. The van der Waals surface area contributed by atoms with E-state index in [4.69, 9.17) is 14.2 Å². The third kappa shape index (κ3) is 8.35. The molecular formula is C14H29N3O3. The second kappa shape index (κ2) is 11.9. The molecule has 1 heterocycles. The van der Waals surface area contributed by atoms with E-state index in [1.165, 1.54) is 0 Å². The van der Waals surface area contributed by atoms with Crippen LogP contribution in [0.2, 0.25) is 0 Å². The minimum atomic E-state index is 0.382. The molecule has 0 aromatic heterocycles. The molecule has 0 aliphatic carbocycles. The van der Waals surface area contributed by atoms with Crippen LogP contribution < -0.4 is 10.6 Å². The second-order valence-electron chi connectivity index (χ2n) is 4.66. The van der Waals surface area contributed by atoms with Crippen LogP contribution in [0.15, 0.2) is 4.99 Å². The first kappa shape index (κ1) is 17.2. The first-order chi connectivity index (χ1) is 9.86. The van der Waals surface area contributed by atoms with Crippen molar-refractivity contribution in [2.45, 2.75) is 32.3 Å². The summed E-state index contributed by atoms with van der Waals surface area (Å²) in [5, 5.41) is 6.46. The van der Waals surface area contributed by atoms with Crippen LogP contribution in [0.25, 0.3) is 0 Å². The van der Waals surface area contributed by atoms with Gasteiger partial charge in [0, 0.05) is 46.6 Å². The van der Waals surface area contributed by atoms with Gasteiger partial charge in [-0.15, -0.1) is 0 Å². The Balaban J connectivity index is 1.95. The number of nitrogens with zero attached hydrogens (tertiary/aromatic N) is 1. The molecular weight excluding hydrogens is 258 g/mol. The normalized spacial score (nSPS) is 17.2. The molecule has 20 heavy (non-hydrogen) atoms. The number of hydrogen-bond donors (Lipinski definition) is 2. The van der Waals surface area contributed by atoms with Gasteiger partial charge in [-0.25, -0.2) is 0 Å². The van der Waals surface area contributed by atoms with Gasteiger partial charge < -0.3 is 24.8 Å². The molecule has 0 spiro atoms. The van der Waals surface area contributed by atoms with Gasteiger partial charge in [0.05, 0.1) is 12.7 Å². The summed E-state index contributed by atoms with van der Waals surface area (Å²) in [4.78, 5) is 4.15. The molecule has 1 fully saturated rings. The molecule has 118 valence electrons. The highest BCUT2D eigenvalue weighted by Crippen LogP contribution is 2.10. The van der Waals surface area contributed by atoms with Crippen molar-refractivity contribution in [1.82, 2.24) is 10.6 Å². The third-order valence-electron chi connectivity index (χ3n) is 3.10. The maximum atomic E-state index is 5.81. The number of guanidine groups is 1. The summed E-state index contributed by atoms with van der Waals surface area (Å²) >= 11 is 0. The van der Waals surface area contributed by atoms with Gasteiger partial charge in [-0.1, -0.05) is 0 Å². The lowest BCUT2D eigenvalue weighted by molar-refractivity contribution is -0.0320. The Labute approximate surface area is 122 Å². The molecule has 1 aliphatic rings. The predicted molar refractivity (Wildman–Crippen MR) is 80.3 cm³/mol. The number of hydrogen-bond acceptors (Lipinski definition) is 4. The molecule has 1 saturated heterocycles. The Bertz CT molecular complexity index is 256. The summed E-state index contributed by atoms with van der Waals surface area (Å²) in [6, 6.07) is 0. The Morgan fingerprint density at radius 1 is 1.20 bits per heavy atom. The van der Waals surface area contributed by atoms with Crippen LogP contribution in [0, 0.1) is 0 Å². The zero-order valence-corrected chi connectivity index (χ0v) is 12.8. The van der Waals surface area contributed by atoms with Crippen LogP contribution in [0.5, 0.6) is 0 Å². The van der Waals surface area contributed by atoms with E-state index < -0.39 is 0 Å². The molecule has 0 amide bonds. The SMILES string of the molecule is CCOCCNC(=NC)NCCCOC1CCOCC1. The summed E-state index contributed by atoms with van der Waals surface area (Å²) in [5.74, 6) is 0.816. The van der Waals surface area contributed by atoms with E-state index in [1.54, 1.807) is 7.05 Å². The summed E-state index contributed by atoms with van der Waals surface area (Å²) in [5.41, 5.74) is 0. The van der Waals surface area contributed by atoms with E-state index in [0.717, 1.165) is 64.7 Å². The van der Waals surface area contributed by atoms with Gasteiger partial charge in [-0.05, 0) is 26.2 Å². The second-order valence-corrected chi connectivity index (χ2v) is 4.66. The molecule has 0 atom stereocenters. The molecule has 0 radical (unpaired) electrons. The Kier molecular flexibility index (Phi) is 10.3. The molecule has 0 aromatic rings. The number of aliphatic imine (C=N–C) groups is 1. The van der Waals surface area contributed by atoms with Gasteiger partial charge in [-0.3, -0.25) is 4.99 Å². The van der Waals surface area contributed by atoms with E-state index >= 15 is 0 Å². The standard InChI is InChI=1S/C14H29N3O3/c1-3-18-12-8-17-14(15-2)16-7-4-9-20-13-5-10-19-11-6-13/h13H,3-12H2,1-2H3,(H2,15,16,17). The van der Waals surface area contributed by atoms with E-state index in [-0.39, 0.29) is 0 Å². The van der Waals surface area contributed by atoms with Gasteiger partial charge >= 0.3 is 0 Å². The van der Waals surface area contributed by atoms with E-state index in [2.05, 4.69) is 15.6 Å². The van der Waals surface area contributed by atoms with Crippen LogP contribution in [-0.4, -0.2) is 65.2 Å². The summed E-state index contributed by atoms with van der Waals surface area (Å²) < 4.78 is 16.4. The van der Waals surface area contributed by atoms with Crippen molar-refractivity contribution >= 4 is 5.96 Å². The van der Waals surface area contributed by atoms with Gasteiger partial charge in [0.2, 0.25) is 0 Å². The average molecular weight is 287 g/mol. The lowest BCUT2D eigenvalue weighted by Crippen LogP contribution is -2.39. The average Bonchev–Trinajstić information content (AvgIpc) is 2.50. The fraction of sp³-hybridized carbons (Fsp3) is 0.929. The van der Waals surface area contributed by atoms with Crippen LogP contribution in [0.4, 0.5) is 0 Å². The smallest absolute Gasteiger partial charge is 0.191 e. The number of rotatable bonds is 9. The summed E-state index contributed by atoms with van der Waals surface area (Å²) in [6.07, 6.45) is 3.40. The van der Waals surface area contributed by atoms with E-state index in [0.29, 0.717) is 12.7 Å². The third-order valence-corrected chi connectivity index (χ3v) is 3.10. The Hall–Kier alpha value is -0.850. The maximum Gasteiger partial charge on any atom is 0.191 e. The van der Waals surface area contributed by atoms with E-state index in [9.17, 15) is 0 Å². The van der Waals surface area contributed by atoms with Crippen molar-refractivity contribution < 1.29 is 14.2 Å². The van der Waals surface area contributed by atoms with Crippen molar-refractivity contribution in [3.8, 4) is 0 Å². The molecule has 0 bridgehead atoms. The highest BCUT2D eigenvalue weighted by Gasteiger charge is 2.13.